The number of benzene rings is 2. The third-order valence-electron chi connectivity index (χ3n) is 5.44. The van der Waals surface area contributed by atoms with Crippen molar-refractivity contribution in [3.63, 3.8) is 0 Å². The van der Waals surface area contributed by atoms with Crippen molar-refractivity contribution < 1.29 is 23.8 Å². The minimum Gasteiger partial charge on any atom is -0.503 e. The maximum atomic E-state index is 13.5. The molecule has 31 heavy (non-hydrogen) atoms. The molecule has 1 amide bonds. The van der Waals surface area contributed by atoms with Gasteiger partial charge >= 0.3 is 0 Å². The van der Waals surface area contributed by atoms with E-state index >= 15 is 0 Å². The number of halogens is 1. The van der Waals surface area contributed by atoms with Crippen LogP contribution in [0.25, 0.3) is 11.0 Å². The first-order valence-electron chi connectivity index (χ1n) is 10.1. The average Bonchev–Trinajstić information content (AvgIpc) is 3.32. The zero-order chi connectivity index (χ0) is 22.1. The number of Topliss-reactive ketones (excluding diaryl/α,β-unsaturated/α-hetero) is 1. The minimum atomic E-state index is -0.723. The molecule has 1 aliphatic rings. The molecule has 1 unspecified atom stereocenters. The summed E-state index contributed by atoms with van der Waals surface area (Å²) < 4.78 is 11.1. The van der Waals surface area contributed by atoms with E-state index in [1.165, 1.54) is 12.0 Å². The van der Waals surface area contributed by atoms with Crippen molar-refractivity contribution >= 4 is 34.3 Å². The summed E-state index contributed by atoms with van der Waals surface area (Å²) in [7, 11) is 1.52. The van der Waals surface area contributed by atoms with Gasteiger partial charge in [-0.15, -0.1) is 0 Å². The van der Waals surface area contributed by atoms with Gasteiger partial charge in [0.25, 0.3) is 5.91 Å². The molecule has 0 radical (unpaired) electrons. The van der Waals surface area contributed by atoms with E-state index in [1.54, 1.807) is 48.5 Å². The van der Waals surface area contributed by atoms with Crippen molar-refractivity contribution in [2.45, 2.75) is 25.8 Å². The Morgan fingerprint density at radius 3 is 2.65 bits per heavy atom. The SMILES string of the molecule is CCCCN1C(=O)C(O)=C(C(=O)c2cc3cccc(OC)c3o2)C1c1ccc(Cl)cc1. The van der Waals surface area contributed by atoms with Gasteiger partial charge in [-0.05, 0) is 36.2 Å². The van der Waals surface area contributed by atoms with Gasteiger partial charge in [0.05, 0.1) is 18.7 Å². The van der Waals surface area contributed by atoms with E-state index in [0.717, 1.165) is 12.8 Å². The summed E-state index contributed by atoms with van der Waals surface area (Å²) in [5.74, 6) is -1.12. The number of hydrogen-bond donors (Lipinski definition) is 1. The molecular weight excluding hydrogens is 418 g/mol. The van der Waals surface area contributed by atoms with Crippen LogP contribution in [0.3, 0.4) is 0 Å². The molecule has 0 aliphatic carbocycles. The van der Waals surface area contributed by atoms with Crippen LogP contribution in [0.4, 0.5) is 0 Å². The Morgan fingerprint density at radius 1 is 1.23 bits per heavy atom. The number of unbranched alkanes of at least 4 members (excludes halogenated alkanes) is 1. The van der Waals surface area contributed by atoms with Gasteiger partial charge in [0.1, 0.15) is 0 Å². The van der Waals surface area contributed by atoms with Crippen molar-refractivity contribution in [3.05, 3.63) is 76.2 Å². The second-order valence-corrected chi connectivity index (χ2v) is 7.82. The molecule has 1 N–H and O–H groups in total. The van der Waals surface area contributed by atoms with E-state index in [0.29, 0.717) is 33.8 Å². The number of furan rings is 1. The van der Waals surface area contributed by atoms with Gasteiger partial charge in [0.2, 0.25) is 5.78 Å². The molecule has 0 bridgehead atoms. The fourth-order valence-electron chi connectivity index (χ4n) is 3.88. The van der Waals surface area contributed by atoms with E-state index in [4.69, 9.17) is 20.8 Å². The molecule has 0 saturated carbocycles. The summed E-state index contributed by atoms with van der Waals surface area (Å²) in [6.07, 6.45) is 1.61. The number of nitrogens with zero attached hydrogens (tertiary/aromatic N) is 1. The van der Waals surface area contributed by atoms with Crippen molar-refractivity contribution in [1.82, 2.24) is 4.90 Å². The van der Waals surface area contributed by atoms with Gasteiger partial charge in [-0.25, -0.2) is 0 Å². The molecule has 7 heteroatoms. The highest BCUT2D eigenvalue weighted by Gasteiger charge is 2.44. The second-order valence-electron chi connectivity index (χ2n) is 7.39. The predicted octanol–water partition coefficient (Wildman–Crippen LogP) is 5.47. The van der Waals surface area contributed by atoms with Gasteiger partial charge in [-0.2, -0.15) is 0 Å². The highest BCUT2D eigenvalue weighted by molar-refractivity contribution is 6.30. The molecule has 6 nitrogen and oxygen atoms in total. The van der Waals surface area contributed by atoms with Gasteiger partial charge in [0.15, 0.2) is 22.9 Å². The molecule has 2 heterocycles. The summed E-state index contributed by atoms with van der Waals surface area (Å²) in [6.45, 7) is 2.43. The zero-order valence-corrected chi connectivity index (χ0v) is 18.0. The van der Waals surface area contributed by atoms with Crippen molar-refractivity contribution in [1.29, 1.82) is 0 Å². The predicted molar refractivity (Wildman–Crippen MR) is 118 cm³/mol. The summed E-state index contributed by atoms with van der Waals surface area (Å²) in [5, 5.41) is 11.9. The zero-order valence-electron chi connectivity index (χ0n) is 17.2. The van der Waals surface area contributed by atoms with Crippen LogP contribution in [0, 0.1) is 0 Å². The first kappa shape index (κ1) is 21.0. The lowest BCUT2D eigenvalue weighted by Crippen LogP contribution is -2.32. The number of methoxy groups -OCH3 is 1. The average molecular weight is 440 g/mol. The van der Waals surface area contributed by atoms with Crippen LogP contribution in [0.2, 0.25) is 5.02 Å². The van der Waals surface area contributed by atoms with Crippen LogP contribution in [0.5, 0.6) is 5.75 Å². The van der Waals surface area contributed by atoms with E-state index in [-0.39, 0.29) is 11.3 Å². The molecule has 1 aromatic heterocycles. The summed E-state index contributed by atoms with van der Waals surface area (Å²) in [6, 6.07) is 13.1. The lowest BCUT2D eigenvalue weighted by atomic mass is 9.95. The molecule has 2 aromatic carbocycles. The van der Waals surface area contributed by atoms with Crippen LogP contribution < -0.4 is 4.74 Å². The first-order valence-corrected chi connectivity index (χ1v) is 10.4. The number of para-hydroxylation sites is 1. The molecule has 1 aliphatic heterocycles. The monoisotopic (exact) mass is 439 g/mol. The maximum Gasteiger partial charge on any atom is 0.290 e. The van der Waals surface area contributed by atoms with Gasteiger partial charge in [0, 0.05) is 17.0 Å². The number of carbonyl (C=O) groups is 2. The number of rotatable bonds is 7. The molecule has 1 atom stereocenters. The highest BCUT2D eigenvalue weighted by Crippen LogP contribution is 2.40. The van der Waals surface area contributed by atoms with Crippen LogP contribution in [-0.4, -0.2) is 35.4 Å². The fourth-order valence-corrected chi connectivity index (χ4v) is 4.00. The van der Waals surface area contributed by atoms with Gasteiger partial charge in [-0.3, -0.25) is 9.59 Å². The summed E-state index contributed by atoms with van der Waals surface area (Å²) in [5.41, 5.74) is 1.13. The molecule has 160 valence electrons. The topological polar surface area (TPSA) is 80.0 Å². The third-order valence-corrected chi connectivity index (χ3v) is 5.69. The number of ether oxygens (including phenoxy) is 1. The van der Waals surface area contributed by atoms with Crippen molar-refractivity contribution in [3.8, 4) is 5.75 Å². The van der Waals surface area contributed by atoms with Crippen LogP contribution in [0.15, 0.2) is 64.3 Å². The highest BCUT2D eigenvalue weighted by atomic mass is 35.5. The van der Waals surface area contributed by atoms with E-state index < -0.39 is 23.5 Å². The Hall–Kier alpha value is -3.25. The van der Waals surface area contributed by atoms with Gasteiger partial charge in [-0.1, -0.05) is 49.2 Å². The smallest absolute Gasteiger partial charge is 0.290 e. The molecule has 3 aromatic rings. The molecule has 4 rings (SSSR count). The normalized spacial score (nSPS) is 16.4. The quantitative estimate of drug-likeness (QED) is 0.493. The Kier molecular flexibility index (Phi) is 5.74. The van der Waals surface area contributed by atoms with Crippen LogP contribution in [0.1, 0.15) is 41.9 Å². The van der Waals surface area contributed by atoms with E-state index in [9.17, 15) is 14.7 Å². The molecule has 0 spiro atoms. The fraction of sp³-hybridized carbons (Fsp3) is 0.250. The molecule has 0 fully saturated rings. The largest absolute Gasteiger partial charge is 0.503 e. The number of aliphatic hydroxyl groups excluding tert-OH is 1. The van der Waals surface area contributed by atoms with E-state index in [2.05, 4.69) is 0 Å². The first-order chi connectivity index (χ1) is 15.0. The van der Waals surface area contributed by atoms with Crippen LogP contribution >= 0.6 is 11.6 Å². The summed E-state index contributed by atoms with van der Waals surface area (Å²) in [4.78, 5) is 27.9. The number of fused-ring (bicyclic) bond motifs is 1. The van der Waals surface area contributed by atoms with Gasteiger partial charge < -0.3 is 19.2 Å². The number of carbonyl (C=O) groups excluding carboxylic acids is 2. The number of hydrogen-bond acceptors (Lipinski definition) is 5. The Balaban J connectivity index is 1.80. The number of ketones is 1. The third kappa shape index (κ3) is 3.68. The maximum absolute atomic E-state index is 13.5. The number of amides is 1. The Bertz CT molecular complexity index is 1180. The van der Waals surface area contributed by atoms with Crippen molar-refractivity contribution in [2.24, 2.45) is 0 Å². The minimum absolute atomic E-state index is 0.00134. The summed E-state index contributed by atoms with van der Waals surface area (Å²) >= 11 is 6.03. The molecular formula is C24H22ClNO5. The standard InChI is InChI=1S/C24H22ClNO5/c1-3-4-12-26-20(14-8-10-16(25)11-9-14)19(22(28)24(26)29)21(27)18-13-15-6-5-7-17(30-2)23(15)31-18/h5-11,13,20,28H,3-4,12H2,1-2H3. The lowest BCUT2D eigenvalue weighted by Gasteiger charge is -2.26. The lowest BCUT2D eigenvalue weighted by molar-refractivity contribution is -0.129. The van der Waals surface area contributed by atoms with Crippen molar-refractivity contribution in [2.75, 3.05) is 13.7 Å². The molecule has 0 saturated heterocycles. The Morgan fingerprint density at radius 2 is 1.97 bits per heavy atom. The van der Waals surface area contributed by atoms with E-state index in [1.807, 2.05) is 6.92 Å². The number of aliphatic hydroxyl groups is 1. The Labute approximate surface area is 184 Å². The van der Waals surface area contributed by atoms with Crippen LogP contribution in [-0.2, 0) is 4.79 Å². The second kappa shape index (κ2) is 8.47.